The molecule has 1 N–H and O–H groups in total. The van der Waals surface area contributed by atoms with Crippen LogP contribution in [0.4, 0.5) is 4.39 Å². The van der Waals surface area contributed by atoms with E-state index in [9.17, 15) is 17.9 Å². The first-order chi connectivity index (χ1) is 8.30. The molecule has 0 aromatic heterocycles. The first-order valence-electron chi connectivity index (χ1n) is 5.95. The van der Waals surface area contributed by atoms with Crippen molar-refractivity contribution in [2.45, 2.75) is 26.4 Å². The summed E-state index contributed by atoms with van der Waals surface area (Å²) in [4.78, 5) is 0. The van der Waals surface area contributed by atoms with Gasteiger partial charge in [-0.2, -0.15) is 0 Å². The Hall–Kier alpha value is -0.940. The van der Waals surface area contributed by atoms with Crippen molar-refractivity contribution in [3.8, 4) is 0 Å². The lowest BCUT2D eigenvalue weighted by Crippen LogP contribution is -2.16. The van der Waals surface area contributed by atoms with E-state index in [0.29, 0.717) is 12.0 Å². The van der Waals surface area contributed by atoms with Crippen LogP contribution in [0, 0.1) is 25.6 Å². The van der Waals surface area contributed by atoms with Gasteiger partial charge in [0.05, 0.1) is 17.6 Å². The smallest absolute Gasteiger partial charge is 0.150 e. The van der Waals surface area contributed by atoms with E-state index >= 15 is 0 Å². The molecule has 1 heterocycles. The Balaban J connectivity index is 2.33. The number of benzene rings is 1. The first kappa shape index (κ1) is 13.5. The molecule has 0 saturated carbocycles. The van der Waals surface area contributed by atoms with E-state index in [4.69, 9.17) is 0 Å². The van der Waals surface area contributed by atoms with Crippen LogP contribution in [0.3, 0.4) is 0 Å². The van der Waals surface area contributed by atoms with Gasteiger partial charge in [-0.1, -0.05) is 6.07 Å². The number of rotatable bonds is 2. The van der Waals surface area contributed by atoms with E-state index in [0.717, 1.165) is 5.56 Å². The van der Waals surface area contributed by atoms with Crippen LogP contribution in [-0.2, 0) is 9.84 Å². The second-order valence-electron chi connectivity index (χ2n) is 5.09. The molecule has 1 aromatic carbocycles. The van der Waals surface area contributed by atoms with Crippen molar-refractivity contribution in [1.29, 1.82) is 0 Å². The number of halogens is 1. The second kappa shape index (κ2) is 4.63. The van der Waals surface area contributed by atoms with Crippen LogP contribution in [0.5, 0.6) is 0 Å². The van der Waals surface area contributed by atoms with E-state index < -0.39 is 27.7 Å². The van der Waals surface area contributed by atoms with Gasteiger partial charge < -0.3 is 5.11 Å². The lowest BCUT2D eigenvalue weighted by Gasteiger charge is -2.20. The Morgan fingerprint density at radius 2 is 2.06 bits per heavy atom. The van der Waals surface area contributed by atoms with E-state index in [1.54, 1.807) is 19.9 Å². The Morgan fingerprint density at radius 3 is 2.56 bits per heavy atom. The minimum absolute atomic E-state index is 0.0546. The van der Waals surface area contributed by atoms with Gasteiger partial charge in [-0.25, -0.2) is 12.8 Å². The Morgan fingerprint density at radius 1 is 1.39 bits per heavy atom. The maximum absolute atomic E-state index is 13.9. The highest BCUT2D eigenvalue weighted by molar-refractivity contribution is 7.91. The molecule has 5 heteroatoms. The predicted molar refractivity (Wildman–Crippen MR) is 67.6 cm³/mol. The molecule has 3 nitrogen and oxygen atoms in total. The van der Waals surface area contributed by atoms with Crippen molar-refractivity contribution in [3.63, 3.8) is 0 Å². The fourth-order valence-corrected chi connectivity index (χ4v) is 4.44. The standard InChI is InChI=1S/C13H17FO3S/c1-8-5-9(2)12(11(14)6-8)13(15)10-3-4-18(16,17)7-10/h5-6,10,13,15H,3-4,7H2,1-2H3. The normalized spacial score (nSPS) is 24.1. The molecule has 1 saturated heterocycles. The molecule has 100 valence electrons. The molecule has 2 unspecified atom stereocenters. The van der Waals surface area contributed by atoms with Gasteiger partial charge in [0.2, 0.25) is 0 Å². The Bertz CT molecular complexity index is 543. The van der Waals surface area contributed by atoms with Gasteiger partial charge >= 0.3 is 0 Å². The zero-order chi connectivity index (χ0) is 13.5. The van der Waals surface area contributed by atoms with Crippen LogP contribution >= 0.6 is 0 Å². The van der Waals surface area contributed by atoms with Gasteiger partial charge in [0.1, 0.15) is 5.82 Å². The van der Waals surface area contributed by atoms with Crippen LogP contribution < -0.4 is 0 Å². The summed E-state index contributed by atoms with van der Waals surface area (Å²) in [6.45, 7) is 3.52. The van der Waals surface area contributed by atoms with Crippen molar-refractivity contribution in [2.75, 3.05) is 11.5 Å². The summed E-state index contributed by atoms with van der Waals surface area (Å²) in [6, 6.07) is 3.17. The van der Waals surface area contributed by atoms with Crippen molar-refractivity contribution >= 4 is 9.84 Å². The van der Waals surface area contributed by atoms with Gasteiger partial charge in [-0.05, 0) is 37.5 Å². The largest absolute Gasteiger partial charge is 0.388 e. The number of sulfone groups is 1. The summed E-state index contributed by atoms with van der Waals surface area (Å²) in [6.07, 6.45) is -0.640. The number of aliphatic hydroxyl groups excluding tert-OH is 1. The predicted octanol–water partition coefficient (Wildman–Crippen LogP) is 1.91. The summed E-state index contributed by atoms with van der Waals surface area (Å²) < 4.78 is 36.7. The van der Waals surface area contributed by atoms with Crippen LogP contribution in [0.25, 0.3) is 0 Å². The van der Waals surface area contributed by atoms with Gasteiger partial charge in [-0.3, -0.25) is 0 Å². The third-order valence-corrected chi connectivity index (χ3v) is 5.28. The highest BCUT2D eigenvalue weighted by Gasteiger charge is 2.35. The molecule has 0 bridgehead atoms. The lowest BCUT2D eigenvalue weighted by molar-refractivity contribution is 0.116. The molecule has 2 rings (SSSR count). The molecule has 0 spiro atoms. The average Bonchev–Trinajstić information content (AvgIpc) is 2.57. The van der Waals surface area contributed by atoms with Crippen LogP contribution in [-0.4, -0.2) is 25.0 Å². The number of aliphatic hydroxyl groups is 1. The van der Waals surface area contributed by atoms with Crippen molar-refractivity contribution in [2.24, 2.45) is 5.92 Å². The first-order valence-corrected chi connectivity index (χ1v) is 7.77. The zero-order valence-electron chi connectivity index (χ0n) is 10.5. The lowest BCUT2D eigenvalue weighted by atomic mass is 9.91. The summed E-state index contributed by atoms with van der Waals surface area (Å²) >= 11 is 0. The third-order valence-electron chi connectivity index (χ3n) is 3.49. The minimum Gasteiger partial charge on any atom is -0.388 e. The van der Waals surface area contributed by atoms with E-state index in [2.05, 4.69) is 0 Å². The molecular formula is C13H17FO3S. The SMILES string of the molecule is Cc1cc(C)c(C(O)C2CCS(=O)(=O)C2)c(F)c1. The molecule has 1 fully saturated rings. The van der Waals surface area contributed by atoms with Crippen molar-refractivity contribution in [1.82, 2.24) is 0 Å². The summed E-state index contributed by atoms with van der Waals surface area (Å²) in [7, 11) is -3.06. The highest BCUT2D eigenvalue weighted by Crippen LogP contribution is 2.34. The van der Waals surface area contributed by atoms with Crippen LogP contribution in [0.15, 0.2) is 12.1 Å². The fourth-order valence-electron chi connectivity index (χ4n) is 2.61. The Labute approximate surface area is 107 Å². The fraction of sp³-hybridized carbons (Fsp3) is 0.538. The molecule has 0 radical (unpaired) electrons. The van der Waals surface area contributed by atoms with Crippen molar-refractivity contribution in [3.05, 3.63) is 34.6 Å². The molecule has 18 heavy (non-hydrogen) atoms. The molecule has 1 aliphatic heterocycles. The topological polar surface area (TPSA) is 54.4 Å². The summed E-state index contributed by atoms with van der Waals surface area (Å²) in [5.41, 5.74) is 1.70. The molecular weight excluding hydrogens is 255 g/mol. The van der Waals surface area contributed by atoms with Crippen molar-refractivity contribution < 1.29 is 17.9 Å². The van der Waals surface area contributed by atoms with E-state index in [1.807, 2.05) is 0 Å². The summed E-state index contributed by atoms with van der Waals surface area (Å²) in [5, 5.41) is 10.2. The van der Waals surface area contributed by atoms with Gasteiger partial charge in [0, 0.05) is 11.5 Å². The Kier molecular flexibility index (Phi) is 3.47. The van der Waals surface area contributed by atoms with Gasteiger partial charge in [-0.15, -0.1) is 0 Å². The second-order valence-corrected chi connectivity index (χ2v) is 7.31. The molecule has 0 amide bonds. The molecule has 1 aliphatic rings. The van der Waals surface area contributed by atoms with Crippen LogP contribution in [0.1, 0.15) is 29.2 Å². The number of hydrogen-bond acceptors (Lipinski definition) is 3. The molecule has 2 atom stereocenters. The monoisotopic (exact) mass is 272 g/mol. The highest BCUT2D eigenvalue weighted by atomic mass is 32.2. The molecule has 1 aromatic rings. The molecule has 0 aliphatic carbocycles. The van der Waals surface area contributed by atoms with E-state index in [-0.39, 0.29) is 17.1 Å². The zero-order valence-corrected chi connectivity index (χ0v) is 11.3. The maximum atomic E-state index is 13.9. The van der Waals surface area contributed by atoms with E-state index in [1.165, 1.54) is 6.07 Å². The van der Waals surface area contributed by atoms with Gasteiger partial charge in [0.15, 0.2) is 9.84 Å². The van der Waals surface area contributed by atoms with Crippen LogP contribution in [0.2, 0.25) is 0 Å². The minimum atomic E-state index is -3.06. The van der Waals surface area contributed by atoms with Gasteiger partial charge in [0.25, 0.3) is 0 Å². The quantitative estimate of drug-likeness (QED) is 0.894. The average molecular weight is 272 g/mol. The number of aryl methyl sites for hydroxylation is 2. The maximum Gasteiger partial charge on any atom is 0.150 e. The third kappa shape index (κ3) is 2.57. The number of hydrogen-bond donors (Lipinski definition) is 1. The summed E-state index contributed by atoms with van der Waals surface area (Å²) in [5.74, 6) is -0.822.